The monoisotopic (exact) mass is 504 g/mol. The van der Waals surface area contributed by atoms with Crippen molar-refractivity contribution in [2.45, 2.75) is 64.1 Å². The van der Waals surface area contributed by atoms with E-state index in [2.05, 4.69) is 25.1 Å². The van der Waals surface area contributed by atoms with Gasteiger partial charge in [-0.2, -0.15) is 0 Å². The van der Waals surface area contributed by atoms with Crippen LogP contribution in [-0.4, -0.2) is 54.2 Å². The van der Waals surface area contributed by atoms with Gasteiger partial charge in [-0.05, 0) is 73.9 Å². The van der Waals surface area contributed by atoms with Crippen LogP contribution in [0.3, 0.4) is 0 Å². The predicted octanol–water partition coefficient (Wildman–Crippen LogP) is 3.11. The highest BCUT2D eigenvalue weighted by atomic mass is 19.1. The molecule has 0 saturated heterocycles. The summed E-state index contributed by atoms with van der Waals surface area (Å²) in [5.74, 6) is 0.538. The highest BCUT2D eigenvalue weighted by Crippen LogP contribution is 2.30. The van der Waals surface area contributed by atoms with Crippen molar-refractivity contribution in [3.05, 3.63) is 58.7 Å². The normalized spacial score (nSPS) is 20.9. The minimum atomic E-state index is -0.601. The van der Waals surface area contributed by atoms with Gasteiger partial charge in [0.25, 0.3) is 5.91 Å². The van der Waals surface area contributed by atoms with Gasteiger partial charge in [0.2, 0.25) is 5.91 Å². The van der Waals surface area contributed by atoms with Crippen molar-refractivity contribution in [3.8, 4) is 11.5 Å². The number of benzene rings is 1. The van der Waals surface area contributed by atoms with E-state index in [9.17, 15) is 19.1 Å². The third kappa shape index (κ3) is 4.61. The molecule has 1 aliphatic carbocycles. The van der Waals surface area contributed by atoms with Crippen LogP contribution in [0.5, 0.6) is 0 Å². The molecule has 1 saturated carbocycles. The first-order valence-corrected chi connectivity index (χ1v) is 13.0. The molecule has 2 atom stereocenters. The zero-order valence-electron chi connectivity index (χ0n) is 20.5. The van der Waals surface area contributed by atoms with Gasteiger partial charge in [-0.15, -0.1) is 10.2 Å². The molecule has 2 aliphatic heterocycles. The van der Waals surface area contributed by atoms with E-state index >= 15 is 0 Å². The summed E-state index contributed by atoms with van der Waals surface area (Å²) in [5, 5.41) is 21.1. The maximum Gasteiger partial charge on any atom is 0.259 e. The Bertz CT molecular complexity index is 1370. The van der Waals surface area contributed by atoms with Crippen molar-refractivity contribution in [1.82, 2.24) is 24.6 Å². The average molecular weight is 505 g/mol. The van der Waals surface area contributed by atoms with Crippen LogP contribution in [0.1, 0.15) is 59.4 Å². The third-order valence-electron chi connectivity index (χ3n) is 7.69. The Morgan fingerprint density at radius 2 is 1.95 bits per heavy atom. The fourth-order valence-corrected chi connectivity index (χ4v) is 5.69. The second-order valence-electron chi connectivity index (χ2n) is 10.2. The van der Waals surface area contributed by atoms with Crippen molar-refractivity contribution in [3.63, 3.8) is 0 Å². The third-order valence-corrected chi connectivity index (χ3v) is 7.69. The number of hydrogen-bond acceptors (Lipinski definition) is 6. The Hall–Kier alpha value is -3.66. The Kier molecular flexibility index (Phi) is 6.19. The molecule has 1 fully saturated rings. The summed E-state index contributed by atoms with van der Waals surface area (Å²) in [6, 6.07) is 8.19. The summed E-state index contributed by atoms with van der Waals surface area (Å²) in [7, 11) is 0. The summed E-state index contributed by atoms with van der Waals surface area (Å²) >= 11 is 0. The number of amides is 2. The van der Waals surface area contributed by atoms with Gasteiger partial charge in [0.05, 0.1) is 11.7 Å². The summed E-state index contributed by atoms with van der Waals surface area (Å²) in [4.78, 5) is 32.3. The Morgan fingerprint density at radius 1 is 1.05 bits per heavy atom. The number of aryl methyl sites for hydroxylation is 1. The predicted molar refractivity (Wildman–Crippen MR) is 133 cm³/mol. The number of aliphatic hydroxyl groups excluding tert-OH is 1. The van der Waals surface area contributed by atoms with Crippen LogP contribution in [-0.2, 0) is 30.7 Å². The molecule has 2 aromatic heterocycles. The zero-order valence-corrected chi connectivity index (χ0v) is 20.5. The molecule has 10 heteroatoms. The topological polar surface area (TPSA) is 113 Å². The smallest absolute Gasteiger partial charge is 0.259 e. The lowest BCUT2D eigenvalue weighted by Gasteiger charge is -2.31. The average Bonchev–Trinajstić information content (AvgIpc) is 3.54. The van der Waals surface area contributed by atoms with E-state index in [1.807, 2.05) is 6.07 Å². The Labute approximate surface area is 213 Å². The molecular weight excluding hydrogens is 475 g/mol. The first-order chi connectivity index (χ1) is 18.0. The van der Waals surface area contributed by atoms with E-state index in [0.717, 1.165) is 42.8 Å². The number of carbonyl (C=O) groups excluding carboxylic acids is 2. The summed E-state index contributed by atoms with van der Waals surface area (Å²) in [6.07, 6.45) is 4.95. The van der Waals surface area contributed by atoms with Crippen LogP contribution >= 0.6 is 0 Å². The molecular formula is C27H29FN6O3. The van der Waals surface area contributed by atoms with Crippen LogP contribution in [0.4, 0.5) is 10.2 Å². The van der Waals surface area contributed by atoms with Gasteiger partial charge in [-0.1, -0.05) is 6.07 Å². The van der Waals surface area contributed by atoms with Gasteiger partial charge >= 0.3 is 0 Å². The van der Waals surface area contributed by atoms with E-state index in [0.29, 0.717) is 56.1 Å². The summed E-state index contributed by atoms with van der Waals surface area (Å²) < 4.78 is 17.0. The highest BCUT2D eigenvalue weighted by molar-refractivity contribution is 6.04. The number of aromatic nitrogens is 4. The summed E-state index contributed by atoms with van der Waals surface area (Å²) in [6.45, 7) is 1.66. The molecule has 1 unspecified atom stereocenters. The number of fused-ring (bicyclic) bond motifs is 2. The van der Waals surface area contributed by atoms with Crippen LogP contribution in [0.2, 0.25) is 0 Å². The first-order valence-electron chi connectivity index (χ1n) is 13.0. The van der Waals surface area contributed by atoms with Gasteiger partial charge in [0, 0.05) is 32.0 Å². The number of carbonyl (C=O) groups is 2. The number of pyridine rings is 1. The molecule has 37 heavy (non-hydrogen) atoms. The van der Waals surface area contributed by atoms with Crippen molar-refractivity contribution in [1.29, 1.82) is 0 Å². The minimum absolute atomic E-state index is 0.0224. The molecule has 3 aliphatic rings. The largest absolute Gasteiger partial charge is 0.393 e. The van der Waals surface area contributed by atoms with Gasteiger partial charge in [-0.3, -0.25) is 9.59 Å². The van der Waals surface area contributed by atoms with Gasteiger partial charge in [-0.25, -0.2) is 9.37 Å². The van der Waals surface area contributed by atoms with Crippen LogP contribution < -0.4 is 5.32 Å². The zero-order chi connectivity index (χ0) is 25.5. The fraction of sp³-hybridized carbons (Fsp3) is 0.444. The second kappa shape index (κ2) is 9.66. The molecule has 4 heterocycles. The lowest BCUT2D eigenvalue weighted by Crippen LogP contribution is -2.39. The van der Waals surface area contributed by atoms with E-state index in [-0.39, 0.29) is 17.4 Å². The van der Waals surface area contributed by atoms with Crippen LogP contribution in [0.15, 0.2) is 30.3 Å². The number of nitrogens with one attached hydrogen (secondary N) is 1. The molecule has 2 amide bonds. The minimum Gasteiger partial charge on any atom is -0.393 e. The van der Waals surface area contributed by atoms with Crippen molar-refractivity contribution >= 4 is 17.6 Å². The SMILES string of the molecule is O=C(Nc1cccc(-c2nnc3n2CCCC3)n1)c1cc2c(cc1F)CCN(C(=O)C1CC[C@@H](O)C1)C2. The standard InChI is InChI=1S/C27H29FN6O3/c28-21-14-16-9-11-33(27(37)17-7-8-19(35)12-17)15-18(16)13-20(21)26(36)30-23-5-3-4-22(29-23)25-32-31-24-6-1-2-10-34(24)25/h3-5,13-14,17,19,35H,1-2,6-12,15H2,(H,29,30,36)/t17?,19-/m1/s1. The number of rotatable bonds is 4. The second-order valence-corrected chi connectivity index (χ2v) is 10.2. The molecule has 1 aromatic carbocycles. The Morgan fingerprint density at radius 3 is 2.78 bits per heavy atom. The van der Waals surface area contributed by atoms with E-state index in [1.165, 1.54) is 6.07 Å². The molecule has 3 aromatic rings. The van der Waals surface area contributed by atoms with E-state index < -0.39 is 17.8 Å². The maximum absolute atomic E-state index is 15.0. The molecule has 6 rings (SSSR count). The first kappa shape index (κ1) is 23.7. The van der Waals surface area contributed by atoms with Gasteiger partial charge in [0.1, 0.15) is 23.2 Å². The van der Waals surface area contributed by atoms with E-state index in [1.54, 1.807) is 23.1 Å². The number of aliphatic hydroxyl groups is 1. The molecule has 0 radical (unpaired) electrons. The fourth-order valence-electron chi connectivity index (χ4n) is 5.69. The quantitative estimate of drug-likeness (QED) is 0.565. The number of hydrogen-bond donors (Lipinski definition) is 2. The number of halogens is 1. The van der Waals surface area contributed by atoms with Crippen molar-refractivity contribution in [2.75, 3.05) is 11.9 Å². The molecule has 0 bridgehead atoms. The van der Waals surface area contributed by atoms with Gasteiger partial charge < -0.3 is 19.9 Å². The lowest BCUT2D eigenvalue weighted by molar-refractivity contribution is -0.136. The molecule has 9 nitrogen and oxygen atoms in total. The van der Waals surface area contributed by atoms with E-state index in [4.69, 9.17) is 0 Å². The van der Waals surface area contributed by atoms with Crippen molar-refractivity contribution in [2.24, 2.45) is 5.92 Å². The molecule has 2 N–H and O–H groups in total. The summed E-state index contributed by atoms with van der Waals surface area (Å²) in [5.41, 5.74) is 2.08. The van der Waals surface area contributed by atoms with Crippen LogP contribution in [0, 0.1) is 11.7 Å². The van der Waals surface area contributed by atoms with Crippen LogP contribution in [0.25, 0.3) is 11.5 Å². The highest BCUT2D eigenvalue weighted by Gasteiger charge is 2.33. The number of nitrogens with zero attached hydrogens (tertiary/aromatic N) is 5. The molecule has 0 spiro atoms. The lowest BCUT2D eigenvalue weighted by atomic mass is 9.95. The maximum atomic E-state index is 15.0. The Balaban J connectivity index is 1.20. The van der Waals surface area contributed by atoms with Gasteiger partial charge in [0.15, 0.2) is 5.82 Å². The molecule has 192 valence electrons. The van der Waals surface area contributed by atoms with Crippen molar-refractivity contribution < 1.29 is 19.1 Å². The number of anilines is 1.